The third-order valence-electron chi connectivity index (χ3n) is 3.16. The number of hydrogen-bond donors (Lipinski definition) is 1. The molecule has 0 unspecified atom stereocenters. The predicted molar refractivity (Wildman–Crippen MR) is 80.1 cm³/mol. The standard InChI is InChI=1S/C16H14F4N2O/c1-22(2)12-6-7-14(13(9-12)16(18,19)20)21-15(23)10-4-3-5-11(17)8-10/h3-9H,1-2H3,(H,21,23). The smallest absolute Gasteiger partial charge is 0.378 e. The lowest BCUT2D eigenvalue weighted by molar-refractivity contribution is -0.136. The van der Waals surface area contributed by atoms with Gasteiger partial charge in [-0.2, -0.15) is 13.2 Å². The number of amides is 1. The van der Waals surface area contributed by atoms with Crippen LogP contribution < -0.4 is 10.2 Å². The second-order valence-corrected chi connectivity index (χ2v) is 5.09. The molecule has 0 aliphatic rings. The molecule has 0 heterocycles. The van der Waals surface area contributed by atoms with Crippen molar-refractivity contribution in [1.82, 2.24) is 0 Å². The third kappa shape index (κ3) is 4.00. The fraction of sp³-hybridized carbons (Fsp3) is 0.188. The number of nitrogens with one attached hydrogen (secondary N) is 1. The fourth-order valence-electron chi connectivity index (χ4n) is 1.98. The molecule has 0 aliphatic heterocycles. The fourth-order valence-corrected chi connectivity index (χ4v) is 1.98. The topological polar surface area (TPSA) is 32.3 Å². The Labute approximate surface area is 130 Å². The van der Waals surface area contributed by atoms with Gasteiger partial charge in [-0.1, -0.05) is 6.07 Å². The number of carbonyl (C=O) groups is 1. The summed E-state index contributed by atoms with van der Waals surface area (Å²) in [4.78, 5) is 13.5. The van der Waals surface area contributed by atoms with E-state index < -0.39 is 23.5 Å². The van der Waals surface area contributed by atoms with Crippen molar-refractivity contribution in [3.8, 4) is 0 Å². The van der Waals surface area contributed by atoms with E-state index in [4.69, 9.17) is 0 Å². The summed E-state index contributed by atoms with van der Waals surface area (Å²) in [7, 11) is 3.22. The second kappa shape index (κ2) is 6.28. The minimum Gasteiger partial charge on any atom is -0.378 e. The minimum absolute atomic E-state index is 0.0604. The summed E-state index contributed by atoms with van der Waals surface area (Å²) in [6, 6.07) is 8.30. The molecular formula is C16H14F4N2O. The summed E-state index contributed by atoms with van der Waals surface area (Å²) in [5.74, 6) is -1.45. The molecule has 3 nitrogen and oxygen atoms in total. The number of nitrogens with zero attached hydrogens (tertiary/aromatic N) is 1. The van der Waals surface area contributed by atoms with E-state index in [1.54, 1.807) is 14.1 Å². The highest BCUT2D eigenvalue weighted by atomic mass is 19.4. The number of halogens is 4. The Kier molecular flexibility index (Phi) is 4.58. The Hall–Kier alpha value is -2.57. The summed E-state index contributed by atoms with van der Waals surface area (Å²) < 4.78 is 52.6. The van der Waals surface area contributed by atoms with Crippen molar-refractivity contribution in [2.75, 3.05) is 24.3 Å². The SMILES string of the molecule is CN(C)c1ccc(NC(=O)c2cccc(F)c2)c(C(F)(F)F)c1. The van der Waals surface area contributed by atoms with Gasteiger partial charge in [-0.3, -0.25) is 4.79 Å². The van der Waals surface area contributed by atoms with Crippen molar-refractivity contribution >= 4 is 17.3 Å². The first-order valence-corrected chi connectivity index (χ1v) is 6.64. The Morgan fingerprint density at radius 2 is 1.78 bits per heavy atom. The van der Waals surface area contributed by atoms with Crippen LogP contribution in [0.5, 0.6) is 0 Å². The quantitative estimate of drug-likeness (QED) is 0.859. The molecule has 0 saturated carbocycles. The Bertz CT molecular complexity index is 726. The zero-order chi connectivity index (χ0) is 17.2. The van der Waals surface area contributed by atoms with Gasteiger partial charge in [-0.05, 0) is 36.4 Å². The number of benzene rings is 2. The van der Waals surface area contributed by atoms with E-state index in [0.29, 0.717) is 5.69 Å². The maximum atomic E-state index is 13.2. The number of anilines is 2. The summed E-state index contributed by atoms with van der Waals surface area (Å²) in [5.41, 5.74) is -1.05. The number of hydrogen-bond acceptors (Lipinski definition) is 2. The summed E-state index contributed by atoms with van der Waals surface area (Å²) in [6.45, 7) is 0. The van der Waals surface area contributed by atoms with Gasteiger partial charge in [0.05, 0.1) is 11.3 Å². The van der Waals surface area contributed by atoms with Crippen molar-refractivity contribution < 1.29 is 22.4 Å². The van der Waals surface area contributed by atoms with Crippen molar-refractivity contribution in [3.05, 3.63) is 59.4 Å². The van der Waals surface area contributed by atoms with Crippen LogP contribution in [0.3, 0.4) is 0 Å². The van der Waals surface area contributed by atoms with Gasteiger partial charge in [-0.25, -0.2) is 4.39 Å². The van der Waals surface area contributed by atoms with Crippen LogP contribution in [0.15, 0.2) is 42.5 Å². The van der Waals surface area contributed by atoms with Crippen LogP contribution >= 0.6 is 0 Å². The van der Waals surface area contributed by atoms with E-state index >= 15 is 0 Å². The maximum Gasteiger partial charge on any atom is 0.418 e. The summed E-state index contributed by atoms with van der Waals surface area (Å²) >= 11 is 0. The van der Waals surface area contributed by atoms with Crippen molar-refractivity contribution in [3.63, 3.8) is 0 Å². The molecular weight excluding hydrogens is 312 g/mol. The van der Waals surface area contributed by atoms with Gasteiger partial charge in [0.15, 0.2) is 0 Å². The van der Waals surface area contributed by atoms with E-state index in [1.165, 1.54) is 29.2 Å². The summed E-state index contributed by atoms with van der Waals surface area (Å²) in [5, 5.41) is 2.18. The van der Waals surface area contributed by atoms with Crippen LogP contribution in [0.1, 0.15) is 15.9 Å². The second-order valence-electron chi connectivity index (χ2n) is 5.09. The van der Waals surface area contributed by atoms with Crippen molar-refractivity contribution in [2.24, 2.45) is 0 Å². The predicted octanol–water partition coefficient (Wildman–Crippen LogP) is 4.16. The summed E-state index contributed by atoms with van der Waals surface area (Å²) in [6.07, 6.45) is -4.63. The molecule has 122 valence electrons. The molecule has 2 rings (SSSR count). The molecule has 7 heteroatoms. The molecule has 0 atom stereocenters. The molecule has 0 saturated heterocycles. The van der Waals surface area contributed by atoms with E-state index in [2.05, 4.69) is 5.32 Å². The molecule has 23 heavy (non-hydrogen) atoms. The van der Waals surface area contributed by atoms with Crippen LogP contribution in [0.2, 0.25) is 0 Å². The molecule has 2 aromatic rings. The van der Waals surface area contributed by atoms with Crippen molar-refractivity contribution in [2.45, 2.75) is 6.18 Å². The van der Waals surface area contributed by atoms with Gasteiger partial charge in [0.25, 0.3) is 5.91 Å². The van der Waals surface area contributed by atoms with E-state index in [9.17, 15) is 22.4 Å². The van der Waals surface area contributed by atoms with E-state index in [1.807, 2.05) is 0 Å². The number of carbonyl (C=O) groups excluding carboxylic acids is 1. The lowest BCUT2D eigenvalue weighted by atomic mass is 10.1. The Balaban J connectivity index is 2.37. The highest BCUT2D eigenvalue weighted by molar-refractivity contribution is 6.04. The largest absolute Gasteiger partial charge is 0.418 e. The zero-order valence-electron chi connectivity index (χ0n) is 12.4. The third-order valence-corrected chi connectivity index (χ3v) is 3.16. The monoisotopic (exact) mass is 326 g/mol. The average Bonchev–Trinajstić information content (AvgIpc) is 2.46. The van der Waals surface area contributed by atoms with Crippen LogP contribution in [-0.4, -0.2) is 20.0 Å². The lowest BCUT2D eigenvalue weighted by Gasteiger charge is -2.18. The lowest BCUT2D eigenvalue weighted by Crippen LogP contribution is -2.18. The van der Waals surface area contributed by atoms with Gasteiger partial charge in [-0.15, -0.1) is 0 Å². The zero-order valence-corrected chi connectivity index (χ0v) is 12.4. The Morgan fingerprint density at radius 3 is 2.35 bits per heavy atom. The van der Waals surface area contributed by atoms with Crippen molar-refractivity contribution in [1.29, 1.82) is 0 Å². The normalized spacial score (nSPS) is 11.2. The van der Waals surface area contributed by atoms with Gasteiger partial charge in [0, 0.05) is 25.3 Å². The first-order valence-electron chi connectivity index (χ1n) is 6.64. The maximum absolute atomic E-state index is 13.2. The molecule has 0 aromatic heterocycles. The van der Waals surface area contributed by atoms with Gasteiger partial charge >= 0.3 is 6.18 Å². The number of rotatable bonds is 3. The average molecular weight is 326 g/mol. The highest BCUT2D eigenvalue weighted by Crippen LogP contribution is 2.37. The molecule has 1 N–H and O–H groups in total. The minimum atomic E-state index is -4.63. The van der Waals surface area contributed by atoms with Crippen LogP contribution in [0, 0.1) is 5.82 Å². The molecule has 2 aromatic carbocycles. The molecule has 0 fully saturated rings. The Morgan fingerprint density at radius 1 is 1.09 bits per heavy atom. The van der Waals surface area contributed by atoms with E-state index in [-0.39, 0.29) is 11.3 Å². The van der Waals surface area contributed by atoms with E-state index in [0.717, 1.165) is 18.2 Å². The molecule has 1 amide bonds. The first kappa shape index (κ1) is 16.8. The molecule has 0 radical (unpaired) electrons. The molecule has 0 spiro atoms. The first-order chi connectivity index (χ1) is 10.7. The van der Waals surface area contributed by atoms with Crippen LogP contribution in [0.4, 0.5) is 28.9 Å². The van der Waals surface area contributed by atoms with Gasteiger partial charge < -0.3 is 10.2 Å². The molecule has 0 bridgehead atoms. The van der Waals surface area contributed by atoms with Gasteiger partial charge in [0.1, 0.15) is 5.82 Å². The van der Waals surface area contributed by atoms with Gasteiger partial charge in [0.2, 0.25) is 0 Å². The number of alkyl halides is 3. The van der Waals surface area contributed by atoms with Crippen LogP contribution in [-0.2, 0) is 6.18 Å². The molecule has 0 aliphatic carbocycles. The highest BCUT2D eigenvalue weighted by Gasteiger charge is 2.34. The van der Waals surface area contributed by atoms with Crippen LogP contribution in [0.25, 0.3) is 0 Å².